The lowest BCUT2D eigenvalue weighted by Crippen LogP contribution is -2.47. The number of halogens is 3. The number of nitro benzene ring substituents is 1. The molecule has 12 heteroatoms. The van der Waals surface area contributed by atoms with Gasteiger partial charge in [0.15, 0.2) is 9.84 Å². The molecule has 0 radical (unpaired) electrons. The maximum atomic E-state index is 12.9. The van der Waals surface area contributed by atoms with Gasteiger partial charge in [0.1, 0.15) is 11.4 Å². The van der Waals surface area contributed by atoms with Crippen LogP contribution in [0.4, 0.5) is 24.5 Å². The lowest BCUT2D eigenvalue weighted by atomic mass is 10.1. The molecule has 0 amide bonds. The molecule has 1 heterocycles. The van der Waals surface area contributed by atoms with Crippen molar-refractivity contribution >= 4 is 21.2 Å². The Morgan fingerprint density at radius 2 is 1.78 bits per heavy atom. The second-order valence-electron chi connectivity index (χ2n) is 7.28. The van der Waals surface area contributed by atoms with E-state index in [9.17, 15) is 31.7 Å². The quantitative estimate of drug-likeness (QED) is 0.450. The number of nitro groups is 1. The molecule has 1 fully saturated rings. The van der Waals surface area contributed by atoms with E-state index < -0.39 is 32.2 Å². The van der Waals surface area contributed by atoms with Gasteiger partial charge in [-0.2, -0.15) is 13.2 Å². The zero-order chi connectivity index (χ0) is 23.5. The number of rotatable bonds is 7. The minimum atomic E-state index is -4.67. The number of ether oxygens (including phenoxy) is 1. The molecule has 32 heavy (non-hydrogen) atoms. The highest BCUT2D eigenvalue weighted by Gasteiger charge is 2.34. The van der Waals surface area contributed by atoms with Gasteiger partial charge in [0, 0.05) is 38.8 Å². The number of hydrogen-bond donors (Lipinski definition) is 0. The Morgan fingerprint density at radius 3 is 2.38 bits per heavy atom. The molecule has 3 rings (SSSR count). The van der Waals surface area contributed by atoms with Crippen molar-refractivity contribution in [3.63, 3.8) is 0 Å². The zero-order valence-corrected chi connectivity index (χ0v) is 18.0. The number of benzene rings is 2. The summed E-state index contributed by atoms with van der Waals surface area (Å²) in [7, 11) is -2.08. The summed E-state index contributed by atoms with van der Waals surface area (Å²) in [6, 6.07) is 8.69. The molecule has 0 aliphatic carbocycles. The first-order valence-electron chi connectivity index (χ1n) is 9.71. The van der Waals surface area contributed by atoms with E-state index in [1.165, 1.54) is 19.2 Å². The van der Waals surface area contributed by atoms with E-state index in [-0.39, 0.29) is 22.9 Å². The molecule has 8 nitrogen and oxygen atoms in total. The minimum absolute atomic E-state index is 0.111. The number of piperazine rings is 1. The van der Waals surface area contributed by atoms with Gasteiger partial charge in [-0.1, -0.05) is 6.07 Å². The van der Waals surface area contributed by atoms with Gasteiger partial charge in [-0.3, -0.25) is 15.0 Å². The Hall–Kier alpha value is -2.86. The van der Waals surface area contributed by atoms with Crippen molar-refractivity contribution in [3.05, 3.63) is 58.1 Å². The molecule has 0 bridgehead atoms. The van der Waals surface area contributed by atoms with Crippen LogP contribution in [-0.2, 0) is 16.0 Å². The van der Waals surface area contributed by atoms with Gasteiger partial charge in [-0.25, -0.2) is 8.42 Å². The maximum absolute atomic E-state index is 12.9. The molecule has 2 aromatic carbocycles. The van der Waals surface area contributed by atoms with E-state index in [2.05, 4.69) is 0 Å². The lowest BCUT2D eigenvalue weighted by Gasteiger charge is -2.35. The molecule has 1 saturated heterocycles. The Bertz CT molecular complexity index is 1080. The molecule has 0 aromatic heterocycles. The molecular formula is C20H22F3N3O5S. The number of nitrogens with zero attached hydrogens (tertiary/aromatic N) is 3. The molecule has 0 spiro atoms. The summed E-state index contributed by atoms with van der Waals surface area (Å²) in [6.07, 6.45) is -4.67. The van der Waals surface area contributed by atoms with Crippen LogP contribution in [0.1, 0.15) is 5.56 Å². The van der Waals surface area contributed by atoms with Crippen LogP contribution in [0.2, 0.25) is 0 Å². The predicted molar refractivity (Wildman–Crippen MR) is 112 cm³/mol. The third-order valence-corrected chi connectivity index (χ3v) is 6.98. The van der Waals surface area contributed by atoms with Gasteiger partial charge in [-0.05, 0) is 30.3 Å². The van der Waals surface area contributed by atoms with E-state index in [4.69, 9.17) is 4.74 Å². The average Bonchev–Trinajstić information content (AvgIpc) is 2.77. The van der Waals surface area contributed by atoms with Crippen LogP contribution in [0.15, 0.2) is 47.4 Å². The Balaban J connectivity index is 1.63. The predicted octanol–water partition coefficient (Wildman–Crippen LogP) is 3.22. The molecule has 1 aliphatic heterocycles. The van der Waals surface area contributed by atoms with Crippen molar-refractivity contribution in [2.24, 2.45) is 0 Å². The van der Waals surface area contributed by atoms with E-state index in [0.717, 1.165) is 12.1 Å². The Kier molecular flexibility index (Phi) is 6.94. The standard InChI is InChI=1S/C20H22F3N3O5S/c1-31-16-3-2-4-17(14-16)32(29,30)12-11-24-7-9-25(10-8-24)18-6-5-15(20(21,22)23)13-19(18)26(27)28/h2-6,13-14H,7-12H2,1H3. The summed E-state index contributed by atoms with van der Waals surface area (Å²) in [6.45, 7) is 1.76. The van der Waals surface area contributed by atoms with Crippen LogP contribution in [0.3, 0.4) is 0 Å². The summed E-state index contributed by atoms with van der Waals surface area (Å²) in [5, 5.41) is 11.3. The smallest absolute Gasteiger partial charge is 0.416 e. The van der Waals surface area contributed by atoms with Gasteiger partial charge >= 0.3 is 6.18 Å². The molecule has 0 N–H and O–H groups in total. The first-order valence-corrected chi connectivity index (χ1v) is 11.4. The van der Waals surface area contributed by atoms with Crippen molar-refractivity contribution in [2.45, 2.75) is 11.1 Å². The minimum Gasteiger partial charge on any atom is -0.497 e. The fourth-order valence-corrected chi connectivity index (χ4v) is 4.80. The Labute approximate surface area is 183 Å². The van der Waals surface area contributed by atoms with Crippen LogP contribution < -0.4 is 9.64 Å². The van der Waals surface area contributed by atoms with Gasteiger partial charge < -0.3 is 9.64 Å². The SMILES string of the molecule is COc1cccc(S(=O)(=O)CCN2CCN(c3ccc(C(F)(F)F)cc3[N+](=O)[O-])CC2)c1. The fraction of sp³-hybridized carbons (Fsp3) is 0.400. The van der Waals surface area contributed by atoms with E-state index in [0.29, 0.717) is 38.0 Å². The molecule has 0 unspecified atom stereocenters. The van der Waals surface area contributed by atoms with Crippen LogP contribution in [-0.4, -0.2) is 63.8 Å². The van der Waals surface area contributed by atoms with Crippen molar-refractivity contribution in [2.75, 3.05) is 50.5 Å². The first-order chi connectivity index (χ1) is 15.0. The third kappa shape index (κ3) is 5.49. The third-order valence-electron chi connectivity index (χ3n) is 5.29. The Morgan fingerprint density at radius 1 is 1.09 bits per heavy atom. The van der Waals surface area contributed by atoms with Crippen LogP contribution in [0.5, 0.6) is 5.75 Å². The number of methoxy groups -OCH3 is 1. The van der Waals surface area contributed by atoms with Crippen molar-refractivity contribution < 1.29 is 31.2 Å². The van der Waals surface area contributed by atoms with Crippen molar-refractivity contribution in [3.8, 4) is 5.75 Å². The van der Waals surface area contributed by atoms with E-state index in [1.54, 1.807) is 17.0 Å². The maximum Gasteiger partial charge on any atom is 0.416 e. The second-order valence-corrected chi connectivity index (χ2v) is 9.39. The topological polar surface area (TPSA) is 93.0 Å². The van der Waals surface area contributed by atoms with Crippen LogP contribution >= 0.6 is 0 Å². The fourth-order valence-electron chi connectivity index (χ4n) is 3.49. The summed E-state index contributed by atoms with van der Waals surface area (Å²) in [5.74, 6) is 0.332. The average molecular weight is 473 g/mol. The lowest BCUT2D eigenvalue weighted by molar-refractivity contribution is -0.384. The van der Waals surface area contributed by atoms with Gasteiger partial charge in [-0.15, -0.1) is 0 Å². The first kappa shape index (κ1) is 23.8. The zero-order valence-electron chi connectivity index (χ0n) is 17.2. The largest absolute Gasteiger partial charge is 0.497 e. The van der Waals surface area contributed by atoms with Gasteiger partial charge in [0.05, 0.1) is 28.2 Å². The molecule has 0 saturated carbocycles. The molecule has 1 aliphatic rings. The highest BCUT2D eigenvalue weighted by molar-refractivity contribution is 7.91. The number of alkyl halides is 3. The number of sulfone groups is 1. The molecular weight excluding hydrogens is 451 g/mol. The summed E-state index contributed by atoms with van der Waals surface area (Å²) < 4.78 is 69.0. The highest BCUT2D eigenvalue weighted by Crippen LogP contribution is 2.36. The second kappa shape index (κ2) is 9.33. The van der Waals surface area contributed by atoms with Crippen molar-refractivity contribution in [1.82, 2.24) is 4.90 Å². The number of hydrogen-bond acceptors (Lipinski definition) is 7. The van der Waals surface area contributed by atoms with Crippen LogP contribution in [0.25, 0.3) is 0 Å². The monoisotopic (exact) mass is 473 g/mol. The van der Waals surface area contributed by atoms with Gasteiger partial charge in [0.25, 0.3) is 5.69 Å². The van der Waals surface area contributed by atoms with Crippen LogP contribution in [0, 0.1) is 10.1 Å². The summed E-state index contributed by atoms with van der Waals surface area (Å²) in [5.41, 5.74) is -1.56. The van der Waals surface area contributed by atoms with Gasteiger partial charge in [0.2, 0.25) is 0 Å². The van der Waals surface area contributed by atoms with E-state index in [1.807, 2.05) is 4.90 Å². The molecule has 0 atom stereocenters. The molecule has 174 valence electrons. The summed E-state index contributed by atoms with van der Waals surface area (Å²) in [4.78, 5) is 14.2. The van der Waals surface area contributed by atoms with Crippen molar-refractivity contribution in [1.29, 1.82) is 0 Å². The normalized spacial score (nSPS) is 15.6. The summed E-state index contributed by atoms with van der Waals surface area (Å²) >= 11 is 0. The highest BCUT2D eigenvalue weighted by atomic mass is 32.2. The molecule has 2 aromatic rings. The van der Waals surface area contributed by atoms with E-state index >= 15 is 0 Å². The number of anilines is 1.